The van der Waals surface area contributed by atoms with Crippen molar-refractivity contribution in [2.45, 2.75) is 25.2 Å². The van der Waals surface area contributed by atoms with Crippen LogP contribution >= 0.6 is 0 Å². The molecule has 0 aromatic heterocycles. The Hall–Kier alpha value is -0.353. The van der Waals surface area contributed by atoms with E-state index in [1.54, 1.807) is 0 Å². The Bertz CT molecular complexity index is 146. The van der Waals surface area contributed by atoms with Crippen LogP contribution in [0.1, 0.15) is 0 Å². The Morgan fingerprint density at radius 1 is 1.78 bits per heavy atom. The fourth-order valence-electron chi connectivity index (χ4n) is 1.00. The molecule has 0 amide bonds. The lowest BCUT2D eigenvalue weighted by atomic mass is 10.4. The third-order valence-corrected chi connectivity index (χ3v) is 3.57. The van der Waals surface area contributed by atoms with Crippen LogP contribution in [-0.4, -0.2) is 20.3 Å². The van der Waals surface area contributed by atoms with Gasteiger partial charge in [-0.05, 0) is 13.1 Å². The Labute approximate surface area is 55.3 Å². The predicted octanol–water partition coefficient (Wildman–Crippen LogP) is 0.0756. The molecular weight excluding hydrogens is 134 g/mol. The van der Waals surface area contributed by atoms with Gasteiger partial charge in [-0.2, -0.15) is 0 Å². The molecule has 1 atom stereocenters. The molecule has 0 aromatic carbocycles. The summed E-state index contributed by atoms with van der Waals surface area (Å²) in [5, 5.41) is 0. The molecule has 1 aliphatic rings. The van der Waals surface area contributed by atoms with Gasteiger partial charge in [0.1, 0.15) is 6.04 Å². The van der Waals surface area contributed by atoms with E-state index in [1.165, 1.54) is 0 Å². The topological polar surface area (TPSA) is 52.3 Å². The van der Waals surface area contributed by atoms with Crippen LogP contribution in [0.4, 0.5) is 0 Å². The maximum atomic E-state index is 10.7. The van der Waals surface area contributed by atoms with E-state index in [1.807, 2.05) is 13.1 Å². The van der Waals surface area contributed by atoms with Crippen molar-refractivity contribution in [2.24, 2.45) is 5.73 Å². The number of hydrogen-bond donors (Lipinski definition) is 1. The molecule has 1 aliphatic heterocycles. The molecule has 1 unspecified atom stereocenters. The average molecular weight is 145 g/mol. The van der Waals surface area contributed by atoms with Gasteiger partial charge >= 0.3 is 5.97 Å². The molecule has 52 valence electrons. The van der Waals surface area contributed by atoms with E-state index in [9.17, 15) is 4.79 Å². The molecule has 4 heteroatoms. The highest BCUT2D eigenvalue weighted by molar-refractivity contribution is 6.74. The van der Waals surface area contributed by atoms with Crippen LogP contribution in [0.5, 0.6) is 0 Å². The van der Waals surface area contributed by atoms with Crippen molar-refractivity contribution in [3.63, 3.8) is 0 Å². The van der Waals surface area contributed by atoms with E-state index in [0.29, 0.717) is 0 Å². The monoisotopic (exact) mass is 145 g/mol. The van der Waals surface area contributed by atoms with Crippen LogP contribution in [-0.2, 0) is 9.22 Å². The van der Waals surface area contributed by atoms with Crippen molar-refractivity contribution in [3.05, 3.63) is 0 Å². The summed E-state index contributed by atoms with van der Waals surface area (Å²) < 4.78 is 5.04. The van der Waals surface area contributed by atoms with Gasteiger partial charge in [-0.15, -0.1) is 0 Å². The highest BCUT2D eigenvalue weighted by Crippen LogP contribution is 2.21. The van der Waals surface area contributed by atoms with E-state index >= 15 is 0 Å². The number of carbonyl (C=O) groups is 1. The van der Waals surface area contributed by atoms with Gasteiger partial charge in [0.25, 0.3) is 8.32 Å². The van der Waals surface area contributed by atoms with Crippen molar-refractivity contribution in [1.82, 2.24) is 0 Å². The van der Waals surface area contributed by atoms with E-state index in [4.69, 9.17) is 10.2 Å². The zero-order valence-corrected chi connectivity index (χ0v) is 6.68. The third-order valence-electron chi connectivity index (χ3n) is 1.39. The lowest BCUT2D eigenvalue weighted by Crippen LogP contribution is -2.25. The molecule has 0 aromatic rings. The predicted molar refractivity (Wildman–Crippen MR) is 36.4 cm³/mol. The second-order valence-corrected chi connectivity index (χ2v) is 7.12. The molecule has 9 heavy (non-hydrogen) atoms. The van der Waals surface area contributed by atoms with Crippen LogP contribution in [0.2, 0.25) is 19.1 Å². The summed E-state index contributed by atoms with van der Waals surface area (Å²) in [6, 6.07) is 0.429. The van der Waals surface area contributed by atoms with Gasteiger partial charge in [0.2, 0.25) is 0 Å². The van der Waals surface area contributed by atoms with Gasteiger partial charge < -0.3 is 10.2 Å². The molecule has 1 heterocycles. The van der Waals surface area contributed by atoms with E-state index in [-0.39, 0.29) is 12.0 Å². The zero-order chi connectivity index (χ0) is 7.07. The van der Waals surface area contributed by atoms with Crippen molar-refractivity contribution < 1.29 is 9.22 Å². The standard InChI is InChI=1S/C5H11NO2Si/c1-9(2)3-4(6)5(7)8-9/h4H,3,6H2,1-2H3. The normalized spacial score (nSPS) is 32.3. The summed E-state index contributed by atoms with van der Waals surface area (Å²) in [6.45, 7) is 4.00. The summed E-state index contributed by atoms with van der Waals surface area (Å²) in [4.78, 5) is 10.7. The Morgan fingerprint density at radius 2 is 2.33 bits per heavy atom. The number of carbonyl (C=O) groups excluding carboxylic acids is 1. The Kier molecular flexibility index (Phi) is 1.36. The minimum Gasteiger partial charge on any atom is -0.518 e. The van der Waals surface area contributed by atoms with Crippen molar-refractivity contribution in [1.29, 1.82) is 0 Å². The lowest BCUT2D eigenvalue weighted by Gasteiger charge is -2.10. The van der Waals surface area contributed by atoms with Gasteiger partial charge in [0.05, 0.1) is 0 Å². The first-order valence-corrected chi connectivity index (χ1v) is 6.11. The molecule has 0 radical (unpaired) electrons. The smallest absolute Gasteiger partial charge is 0.309 e. The first-order valence-electron chi connectivity index (χ1n) is 3.00. The first kappa shape index (κ1) is 6.76. The first-order chi connectivity index (χ1) is 4.01. The van der Waals surface area contributed by atoms with Crippen LogP contribution in [0.25, 0.3) is 0 Å². The van der Waals surface area contributed by atoms with E-state index < -0.39 is 8.32 Å². The largest absolute Gasteiger partial charge is 0.518 e. The summed E-state index contributed by atoms with van der Waals surface area (Å²) in [7, 11) is -1.64. The third kappa shape index (κ3) is 1.31. The van der Waals surface area contributed by atoms with Crippen LogP contribution < -0.4 is 5.73 Å². The number of rotatable bonds is 0. The maximum absolute atomic E-state index is 10.7. The molecule has 2 N–H and O–H groups in total. The molecule has 1 rings (SSSR count). The Balaban J connectivity index is 2.65. The van der Waals surface area contributed by atoms with Crippen molar-refractivity contribution >= 4 is 14.3 Å². The van der Waals surface area contributed by atoms with E-state index in [0.717, 1.165) is 6.04 Å². The van der Waals surface area contributed by atoms with Gasteiger partial charge in [-0.3, -0.25) is 4.79 Å². The molecule has 3 nitrogen and oxygen atoms in total. The second kappa shape index (κ2) is 1.81. The average Bonchev–Trinajstić information content (AvgIpc) is 1.79. The van der Waals surface area contributed by atoms with Crippen molar-refractivity contribution in [3.8, 4) is 0 Å². The molecular formula is C5H11NO2Si. The fourth-order valence-corrected chi connectivity index (χ4v) is 3.01. The molecule has 0 aliphatic carbocycles. The number of nitrogens with two attached hydrogens (primary N) is 1. The van der Waals surface area contributed by atoms with Crippen LogP contribution in [0.3, 0.4) is 0 Å². The minimum atomic E-state index is -1.64. The lowest BCUT2D eigenvalue weighted by molar-refractivity contribution is -0.133. The van der Waals surface area contributed by atoms with Gasteiger partial charge in [-0.1, -0.05) is 0 Å². The van der Waals surface area contributed by atoms with Crippen molar-refractivity contribution in [2.75, 3.05) is 0 Å². The number of hydrogen-bond acceptors (Lipinski definition) is 3. The van der Waals surface area contributed by atoms with E-state index in [2.05, 4.69) is 0 Å². The molecule has 0 bridgehead atoms. The zero-order valence-electron chi connectivity index (χ0n) is 5.68. The quantitative estimate of drug-likeness (QED) is 0.491. The summed E-state index contributed by atoms with van der Waals surface area (Å²) >= 11 is 0. The molecule has 0 saturated carbocycles. The maximum Gasteiger partial charge on any atom is 0.309 e. The second-order valence-electron chi connectivity index (χ2n) is 2.99. The molecule has 1 saturated heterocycles. The highest BCUT2D eigenvalue weighted by atomic mass is 28.4. The van der Waals surface area contributed by atoms with Crippen LogP contribution in [0.15, 0.2) is 0 Å². The minimum absolute atomic E-state index is 0.216. The summed E-state index contributed by atoms with van der Waals surface area (Å²) in [5.74, 6) is -0.216. The van der Waals surface area contributed by atoms with Crippen LogP contribution in [0, 0.1) is 0 Å². The molecule has 0 spiro atoms. The van der Waals surface area contributed by atoms with Gasteiger partial charge in [0, 0.05) is 6.04 Å². The fraction of sp³-hybridized carbons (Fsp3) is 0.800. The Morgan fingerprint density at radius 3 is 2.44 bits per heavy atom. The highest BCUT2D eigenvalue weighted by Gasteiger charge is 2.40. The summed E-state index contributed by atoms with van der Waals surface area (Å²) in [6.07, 6.45) is 0. The molecule has 1 fully saturated rings. The van der Waals surface area contributed by atoms with Gasteiger partial charge in [0.15, 0.2) is 0 Å². The summed E-state index contributed by atoms with van der Waals surface area (Å²) in [5.41, 5.74) is 5.41. The van der Waals surface area contributed by atoms with Gasteiger partial charge in [-0.25, -0.2) is 0 Å². The SMILES string of the molecule is C[Si]1(C)CC(N)C(=O)O1.